The highest BCUT2D eigenvalue weighted by molar-refractivity contribution is 7.71. The highest BCUT2D eigenvalue weighted by Crippen LogP contribution is 2.35. The van der Waals surface area contributed by atoms with E-state index in [1.165, 1.54) is 14.2 Å². The van der Waals surface area contributed by atoms with Crippen LogP contribution in [0.4, 0.5) is 5.69 Å². The summed E-state index contributed by atoms with van der Waals surface area (Å²) in [4.78, 5) is 29.5. The lowest BCUT2D eigenvalue weighted by molar-refractivity contribution is -0.116. The smallest absolute Gasteiger partial charge is 0.255 e. The summed E-state index contributed by atoms with van der Waals surface area (Å²) in [7, 11) is 2.97. The zero-order valence-corrected chi connectivity index (χ0v) is 15.6. The van der Waals surface area contributed by atoms with Crippen LogP contribution in [0, 0.1) is 11.7 Å². The second kappa shape index (κ2) is 8.17. The van der Waals surface area contributed by atoms with Crippen molar-refractivity contribution in [1.29, 1.82) is 0 Å². The first-order valence-electron chi connectivity index (χ1n) is 7.39. The summed E-state index contributed by atoms with van der Waals surface area (Å²) in [5.74, 6) is 0.589. The van der Waals surface area contributed by atoms with Gasteiger partial charge in [-0.2, -0.15) is 0 Å². The molecule has 25 heavy (non-hydrogen) atoms. The minimum absolute atomic E-state index is 0.112. The fraction of sp³-hybridized carbons (Fsp3) is 0.312. The Morgan fingerprint density at radius 3 is 2.52 bits per heavy atom. The minimum Gasteiger partial charge on any atom is -0.495 e. The predicted octanol–water partition coefficient (Wildman–Crippen LogP) is 2.98. The summed E-state index contributed by atoms with van der Waals surface area (Å²) in [6.45, 7) is 1.74. The molecule has 0 spiro atoms. The lowest BCUT2D eigenvalue weighted by Gasteiger charge is -2.13. The monoisotopic (exact) mass is 383 g/mol. The van der Waals surface area contributed by atoms with E-state index in [1.807, 2.05) is 0 Å². The number of carbonyl (C=O) groups excluding carboxylic acids is 1. The number of hydrogen-bond donors (Lipinski definition) is 3. The van der Waals surface area contributed by atoms with E-state index in [1.54, 1.807) is 19.1 Å². The van der Waals surface area contributed by atoms with Gasteiger partial charge in [-0.15, -0.1) is 0 Å². The Kier molecular flexibility index (Phi) is 6.22. The quantitative estimate of drug-likeness (QED) is 0.666. The minimum atomic E-state index is -0.292. The van der Waals surface area contributed by atoms with E-state index in [0.717, 1.165) is 0 Å². The van der Waals surface area contributed by atoms with E-state index in [0.29, 0.717) is 33.5 Å². The van der Waals surface area contributed by atoms with Gasteiger partial charge in [0.2, 0.25) is 5.91 Å². The first-order valence-corrected chi connectivity index (χ1v) is 8.17. The molecule has 1 aromatic heterocycles. The summed E-state index contributed by atoms with van der Waals surface area (Å²) in [5, 5.41) is 3.08. The molecule has 2 aromatic rings. The number of carbonyl (C=O) groups is 1. The highest BCUT2D eigenvalue weighted by Gasteiger charge is 2.14. The molecule has 0 fully saturated rings. The Balaban J connectivity index is 2.12. The zero-order valence-electron chi connectivity index (χ0n) is 14.0. The van der Waals surface area contributed by atoms with Gasteiger partial charge in [-0.3, -0.25) is 14.6 Å². The molecule has 0 radical (unpaired) electrons. The lowest BCUT2D eigenvalue weighted by Crippen LogP contribution is -2.19. The van der Waals surface area contributed by atoms with Gasteiger partial charge < -0.3 is 19.8 Å². The number of hydrogen-bond acceptors (Lipinski definition) is 5. The Morgan fingerprint density at radius 1 is 1.24 bits per heavy atom. The first kappa shape index (κ1) is 19.0. The summed E-state index contributed by atoms with van der Waals surface area (Å²) in [6.07, 6.45) is 0.382. The standard InChI is InChI=1S/C16H18ClN3O4S/c1-8-9(15(22)20-16(25)18-8)4-5-14(21)19-11-6-10(17)12(23-2)7-13(11)24-3/h6-7H,4-5H2,1-3H3,(H,19,21)(H2,18,20,22,25). The number of rotatable bonds is 6. The molecule has 0 bridgehead atoms. The molecule has 3 N–H and O–H groups in total. The lowest BCUT2D eigenvalue weighted by atomic mass is 10.1. The number of nitrogens with one attached hydrogen (secondary N) is 3. The molecule has 9 heteroatoms. The fourth-order valence-corrected chi connectivity index (χ4v) is 2.82. The highest BCUT2D eigenvalue weighted by atomic mass is 35.5. The predicted molar refractivity (Wildman–Crippen MR) is 98.5 cm³/mol. The average molecular weight is 384 g/mol. The van der Waals surface area contributed by atoms with E-state index < -0.39 is 0 Å². The van der Waals surface area contributed by atoms with Gasteiger partial charge in [0.05, 0.1) is 24.9 Å². The van der Waals surface area contributed by atoms with Crippen molar-refractivity contribution < 1.29 is 14.3 Å². The molecule has 0 atom stereocenters. The van der Waals surface area contributed by atoms with Crippen LogP contribution in [-0.4, -0.2) is 30.1 Å². The molecule has 134 valence electrons. The van der Waals surface area contributed by atoms with Crippen molar-refractivity contribution in [2.24, 2.45) is 0 Å². The van der Waals surface area contributed by atoms with Gasteiger partial charge >= 0.3 is 0 Å². The van der Waals surface area contributed by atoms with Crippen LogP contribution in [-0.2, 0) is 11.2 Å². The molecule has 7 nitrogen and oxygen atoms in total. The van der Waals surface area contributed by atoms with Crippen molar-refractivity contribution >= 4 is 35.4 Å². The first-order chi connectivity index (χ1) is 11.8. The van der Waals surface area contributed by atoms with Crippen molar-refractivity contribution in [3.8, 4) is 11.5 Å². The molecular weight excluding hydrogens is 366 g/mol. The third-order valence-corrected chi connectivity index (χ3v) is 4.10. The third kappa shape index (κ3) is 4.61. The van der Waals surface area contributed by atoms with Crippen LogP contribution in [0.3, 0.4) is 0 Å². The van der Waals surface area contributed by atoms with Crippen LogP contribution < -0.4 is 20.3 Å². The average Bonchev–Trinajstić information content (AvgIpc) is 2.54. The van der Waals surface area contributed by atoms with Gasteiger partial charge in [0.15, 0.2) is 4.77 Å². The SMILES string of the molecule is COc1cc(OC)c(NC(=O)CCc2c(C)[nH]c(=S)[nH]c2=O)cc1Cl. The third-order valence-electron chi connectivity index (χ3n) is 3.60. The van der Waals surface area contributed by atoms with Gasteiger partial charge in [-0.25, -0.2) is 0 Å². The summed E-state index contributed by atoms with van der Waals surface area (Å²) in [5.41, 5.74) is 1.27. The molecule has 2 rings (SSSR count). The van der Waals surface area contributed by atoms with Crippen LogP contribution in [0.25, 0.3) is 0 Å². The molecule has 0 unspecified atom stereocenters. The molecule has 1 aromatic carbocycles. The number of benzene rings is 1. The van der Waals surface area contributed by atoms with Gasteiger partial charge in [-0.05, 0) is 31.6 Å². The Morgan fingerprint density at radius 2 is 1.92 bits per heavy atom. The Bertz CT molecular complexity index is 907. The maximum Gasteiger partial charge on any atom is 0.255 e. The van der Waals surface area contributed by atoms with E-state index >= 15 is 0 Å². The van der Waals surface area contributed by atoms with Crippen molar-refractivity contribution in [3.63, 3.8) is 0 Å². The van der Waals surface area contributed by atoms with Gasteiger partial charge in [-0.1, -0.05) is 11.6 Å². The summed E-state index contributed by atoms with van der Waals surface area (Å²) >= 11 is 11.0. The van der Waals surface area contributed by atoms with Crippen molar-refractivity contribution in [1.82, 2.24) is 9.97 Å². The van der Waals surface area contributed by atoms with Crippen molar-refractivity contribution in [2.45, 2.75) is 19.8 Å². The van der Waals surface area contributed by atoms with Gasteiger partial charge in [0.25, 0.3) is 5.56 Å². The van der Waals surface area contributed by atoms with Gasteiger partial charge in [0, 0.05) is 23.7 Å². The molecular formula is C16H18ClN3O4S. The topological polar surface area (TPSA) is 96.2 Å². The van der Waals surface area contributed by atoms with E-state index in [-0.39, 0.29) is 29.1 Å². The van der Waals surface area contributed by atoms with Crippen molar-refractivity contribution in [2.75, 3.05) is 19.5 Å². The number of ether oxygens (including phenoxy) is 2. The van der Waals surface area contributed by atoms with Crippen LogP contribution in [0.15, 0.2) is 16.9 Å². The number of anilines is 1. The number of amides is 1. The fourth-order valence-electron chi connectivity index (χ4n) is 2.34. The summed E-state index contributed by atoms with van der Waals surface area (Å²) in [6, 6.07) is 3.14. The molecule has 0 aliphatic rings. The number of aromatic nitrogens is 2. The maximum atomic E-state index is 12.2. The van der Waals surface area contributed by atoms with Crippen LogP contribution in [0.2, 0.25) is 5.02 Å². The maximum absolute atomic E-state index is 12.2. The second-order valence-corrected chi connectivity index (χ2v) is 6.06. The number of methoxy groups -OCH3 is 2. The van der Waals surface area contributed by atoms with Crippen LogP contribution >= 0.6 is 23.8 Å². The molecule has 0 saturated heterocycles. The van der Waals surface area contributed by atoms with Crippen LogP contribution in [0.5, 0.6) is 11.5 Å². The Hall–Kier alpha value is -2.32. The number of H-pyrrole nitrogens is 2. The molecule has 0 saturated carbocycles. The molecule has 0 aliphatic heterocycles. The van der Waals surface area contributed by atoms with Crippen molar-refractivity contribution in [3.05, 3.63) is 43.5 Å². The number of halogens is 1. The molecule has 1 amide bonds. The zero-order chi connectivity index (χ0) is 18.6. The summed E-state index contributed by atoms with van der Waals surface area (Å²) < 4.78 is 10.6. The number of aromatic amines is 2. The largest absolute Gasteiger partial charge is 0.495 e. The van der Waals surface area contributed by atoms with E-state index in [9.17, 15) is 9.59 Å². The van der Waals surface area contributed by atoms with Gasteiger partial charge in [0.1, 0.15) is 11.5 Å². The van der Waals surface area contributed by atoms with Crippen LogP contribution in [0.1, 0.15) is 17.7 Å². The normalized spacial score (nSPS) is 10.4. The van der Waals surface area contributed by atoms with E-state index in [4.69, 9.17) is 33.3 Å². The molecule has 1 heterocycles. The van der Waals surface area contributed by atoms with E-state index in [2.05, 4.69) is 15.3 Å². The molecule has 0 aliphatic carbocycles. The Labute approximate surface area is 154 Å². The number of aryl methyl sites for hydroxylation is 1. The second-order valence-electron chi connectivity index (χ2n) is 5.25.